The molecule has 0 N–H and O–H groups in total. The first-order valence-electron chi connectivity index (χ1n) is 12.7. The Bertz CT molecular complexity index is 1420. The Morgan fingerprint density at radius 2 is 1.79 bits per heavy atom. The Morgan fingerprint density at radius 1 is 1.05 bits per heavy atom. The maximum atomic E-state index is 13.0. The highest BCUT2D eigenvalue weighted by Gasteiger charge is 2.28. The zero-order valence-electron chi connectivity index (χ0n) is 21.2. The first-order chi connectivity index (χ1) is 18.6. The van der Waals surface area contributed by atoms with Gasteiger partial charge in [-0.2, -0.15) is 0 Å². The number of ether oxygens (including phenoxy) is 2. The molecule has 0 amide bonds. The molecule has 5 nitrogen and oxygen atoms in total. The standard InChI is InChI=1S/C31H29BrN2O3S/c1-2-36-31(35)29-26-15-16-34(19-22-9-5-3-6-10-22)20-28(26)38-30(29)33-18-24-17-25(32)13-14-27(24)37-21-23-11-7-4-8-12-23/h3-14,17-18H,2,15-16,19-21H2,1H3. The van der Waals surface area contributed by atoms with Gasteiger partial charge in [0.2, 0.25) is 0 Å². The van der Waals surface area contributed by atoms with Crippen molar-refractivity contribution in [3.8, 4) is 5.75 Å². The van der Waals surface area contributed by atoms with Gasteiger partial charge in [-0.15, -0.1) is 11.3 Å². The molecule has 0 spiro atoms. The van der Waals surface area contributed by atoms with E-state index in [1.165, 1.54) is 10.4 Å². The van der Waals surface area contributed by atoms with E-state index < -0.39 is 0 Å². The van der Waals surface area contributed by atoms with Gasteiger partial charge in [-0.05, 0) is 48.2 Å². The third-order valence-electron chi connectivity index (χ3n) is 6.38. The van der Waals surface area contributed by atoms with E-state index in [1.807, 2.05) is 61.5 Å². The van der Waals surface area contributed by atoms with Gasteiger partial charge in [0.15, 0.2) is 0 Å². The van der Waals surface area contributed by atoms with Crippen LogP contribution in [0.15, 0.2) is 88.3 Å². The topological polar surface area (TPSA) is 51.1 Å². The maximum absolute atomic E-state index is 13.0. The van der Waals surface area contributed by atoms with Crippen LogP contribution in [0.25, 0.3) is 0 Å². The summed E-state index contributed by atoms with van der Waals surface area (Å²) in [6.07, 6.45) is 2.58. The Balaban J connectivity index is 1.41. The molecular formula is C31H29BrN2O3S. The predicted molar refractivity (Wildman–Crippen MR) is 157 cm³/mol. The Hall–Kier alpha value is -3.26. The summed E-state index contributed by atoms with van der Waals surface area (Å²) in [4.78, 5) is 21.4. The first kappa shape index (κ1) is 26.4. The molecule has 1 aromatic heterocycles. The molecule has 0 fully saturated rings. The highest BCUT2D eigenvalue weighted by atomic mass is 79.9. The van der Waals surface area contributed by atoms with Crippen molar-refractivity contribution in [1.82, 2.24) is 4.90 Å². The maximum Gasteiger partial charge on any atom is 0.341 e. The molecule has 0 bridgehead atoms. The molecule has 0 saturated heterocycles. The van der Waals surface area contributed by atoms with Crippen molar-refractivity contribution in [2.75, 3.05) is 13.2 Å². The van der Waals surface area contributed by atoms with Crippen molar-refractivity contribution in [2.45, 2.75) is 33.0 Å². The van der Waals surface area contributed by atoms with Crippen molar-refractivity contribution in [3.05, 3.63) is 116 Å². The molecule has 38 heavy (non-hydrogen) atoms. The number of benzene rings is 3. The quantitative estimate of drug-likeness (QED) is 0.149. The van der Waals surface area contributed by atoms with Crippen molar-refractivity contribution in [1.29, 1.82) is 0 Å². The molecule has 2 heterocycles. The SMILES string of the molecule is CCOC(=O)c1c(N=Cc2cc(Br)ccc2OCc2ccccc2)sc2c1CCN(Cc1ccccc1)C2. The van der Waals surface area contributed by atoms with E-state index in [2.05, 4.69) is 45.1 Å². The number of rotatable bonds is 9. The van der Waals surface area contributed by atoms with Gasteiger partial charge >= 0.3 is 5.97 Å². The predicted octanol–water partition coefficient (Wildman–Crippen LogP) is 7.58. The first-order valence-corrected chi connectivity index (χ1v) is 14.3. The second kappa shape index (κ2) is 12.5. The van der Waals surface area contributed by atoms with Gasteiger partial charge in [0.1, 0.15) is 17.4 Å². The number of esters is 1. The van der Waals surface area contributed by atoms with Gasteiger partial charge in [-0.1, -0.05) is 76.6 Å². The van der Waals surface area contributed by atoms with Gasteiger partial charge in [-0.3, -0.25) is 4.90 Å². The number of hydrogen-bond donors (Lipinski definition) is 0. The minimum absolute atomic E-state index is 0.302. The smallest absolute Gasteiger partial charge is 0.341 e. The summed E-state index contributed by atoms with van der Waals surface area (Å²) in [5.74, 6) is 0.428. The number of aliphatic imine (C=N–C) groups is 1. The zero-order chi connectivity index (χ0) is 26.3. The minimum atomic E-state index is -0.302. The second-order valence-electron chi connectivity index (χ2n) is 9.07. The van der Waals surface area contributed by atoms with Gasteiger partial charge < -0.3 is 9.47 Å². The number of hydrogen-bond acceptors (Lipinski definition) is 6. The zero-order valence-corrected chi connectivity index (χ0v) is 23.6. The summed E-state index contributed by atoms with van der Waals surface area (Å²) in [6, 6.07) is 26.4. The van der Waals surface area contributed by atoms with Crippen LogP contribution in [0.4, 0.5) is 5.00 Å². The molecule has 0 saturated carbocycles. The molecule has 0 atom stereocenters. The number of thiophene rings is 1. The van der Waals surface area contributed by atoms with Crippen molar-refractivity contribution in [3.63, 3.8) is 0 Å². The number of carbonyl (C=O) groups excluding carboxylic acids is 1. The second-order valence-corrected chi connectivity index (χ2v) is 11.1. The summed E-state index contributed by atoms with van der Waals surface area (Å²) < 4.78 is 12.5. The highest BCUT2D eigenvalue weighted by molar-refractivity contribution is 9.10. The largest absolute Gasteiger partial charge is 0.488 e. The van der Waals surface area contributed by atoms with Gasteiger partial charge in [0.25, 0.3) is 0 Å². The van der Waals surface area contributed by atoms with E-state index in [9.17, 15) is 4.79 Å². The van der Waals surface area contributed by atoms with Crippen molar-refractivity contribution in [2.24, 2.45) is 4.99 Å². The van der Waals surface area contributed by atoms with E-state index in [4.69, 9.17) is 14.5 Å². The molecular weight excluding hydrogens is 560 g/mol. The lowest BCUT2D eigenvalue weighted by Crippen LogP contribution is -2.29. The van der Waals surface area contributed by atoms with Crippen molar-refractivity contribution < 1.29 is 14.3 Å². The average molecular weight is 590 g/mol. The van der Waals surface area contributed by atoms with Crippen LogP contribution in [-0.4, -0.2) is 30.2 Å². The van der Waals surface area contributed by atoms with Crippen LogP contribution < -0.4 is 4.74 Å². The van der Waals surface area contributed by atoms with Crippen LogP contribution in [0.5, 0.6) is 5.75 Å². The molecule has 1 aliphatic rings. The molecule has 3 aromatic carbocycles. The van der Waals surface area contributed by atoms with E-state index in [-0.39, 0.29) is 5.97 Å². The summed E-state index contributed by atoms with van der Waals surface area (Å²) in [5, 5.41) is 0.684. The van der Waals surface area contributed by atoms with Crippen LogP contribution in [0.1, 0.15) is 44.4 Å². The Morgan fingerprint density at radius 3 is 2.53 bits per heavy atom. The van der Waals surface area contributed by atoms with Gasteiger partial charge in [-0.25, -0.2) is 9.79 Å². The summed E-state index contributed by atoms with van der Waals surface area (Å²) in [7, 11) is 0. The van der Waals surface area contributed by atoms with Gasteiger partial charge in [0.05, 0.1) is 12.2 Å². The summed E-state index contributed by atoms with van der Waals surface area (Å²) >= 11 is 5.14. The van der Waals surface area contributed by atoms with Gasteiger partial charge in [0, 0.05) is 40.8 Å². The fourth-order valence-electron chi connectivity index (χ4n) is 4.54. The highest BCUT2D eigenvalue weighted by Crippen LogP contribution is 2.40. The molecule has 0 radical (unpaired) electrons. The van der Waals surface area contributed by atoms with E-state index in [1.54, 1.807) is 17.6 Å². The average Bonchev–Trinajstić information content (AvgIpc) is 3.30. The number of halogens is 1. The summed E-state index contributed by atoms with van der Waals surface area (Å²) in [6.45, 7) is 5.18. The van der Waals surface area contributed by atoms with E-state index in [0.29, 0.717) is 23.8 Å². The van der Waals surface area contributed by atoms with Crippen LogP contribution >= 0.6 is 27.3 Å². The fourth-order valence-corrected chi connectivity index (χ4v) is 6.14. The van der Waals surface area contributed by atoms with Crippen LogP contribution in [0, 0.1) is 0 Å². The third kappa shape index (κ3) is 6.41. The number of fused-ring (bicyclic) bond motifs is 1. The Kier molecular flexibility index (Phi) is 8.68. The van der Waals surface area contributed by atoms with Crippen LogP contribution in [-0.2, 0) is 30.9 Å². The fraction of sp³-hybridized carbons (Fsp3) is 0.226. The van der Waals surface area contributed by atoms with E-state index >= 15 is 0 Å². The molecule has 194 valence electrons. The number of carbonyl (C=O) groups is 1. The summed E-state index contributed by atoms with van der Waals surface area (Å²) in [5.41, 5.74) is 4.88. The van der Waals surface area contributed by atoms with E-state index in [0.717, 1.165) is 53.0 Å². The molecule has 0 aliphatic carbocycles. The molecule has 0 unspecified atom stereocenters. The van der Waals surface area contributed by atoms with Crippen molar-refractivity contribution >= 4 is 44.5 Å². The number of nitrogens with zero attached hydrogens (tertiary/aromatic N) is 2. The lowest BCUT2D eigenvalue weighted by molar-refractivity contribution is 0.0526. The monoisotopic (exact) mass is 588 g/mol. The Labute approximate surface area is 235 Å². The minimum Gasteiger partial charge on any atom is -0.488 e. The normalized spacial score (nSPS) is 13.4. The molecule has 5 rings (SSSR count). The molecule has 1 aliphatic heterocycles. The van der Waals surface area contributed by atoms with Crippen LogP contribution in [0.3, 0.4) is 0 Å². The lowest BCUT2D eigenvalue weighted by Gasteiger charge is -2.27. The lowest BCUT2D eigenvalue weighted by atomic mass is 10.0. The molecule has 7 heteroatoms. The molecule has 4 aromatic rings. The third-order valence-corrected chi connectivity index (χ3v) is 7.99. The van der Waals surface area contributed by atoms with Crippen LogP contribution in [0.2, 0.25) is 0 Å².